The number of carbonyl (C=O) groups excluding carboxylic acids is 1. The third kappa shape index (κ3) is 3.14. The summed E-state index contributed by atoms with van der Waals surface area (Å²) in [5.74, 6) is 0.775. The first-order valence-electron chi connectivity index (χ1n) is 7.44. The molecule has 110 valence electrons. The Kier molecular flexibility index (Phi) is 4.07. The summed E-state index contributed by atoms with van der Waals surface area (Å²) in [7, 11) is 0. The maximum absolute atomic E-state index is 12.5. The van der Waals surface area contributed by atoms with Crippen molar-refractivity contribution in [2.24, 2.45) is 11.3 Å². The zero-order valence-corrected chi connectivity index (χ0v) is 13.1. The SMILES string of the molecule is Cc1ccc(C(=O)N2CCC(C(C)(C)C)CC2)c(N)c1. The van der Waals surface area contributed by atoms with E-state index in [4.69, 9.17) is 5.73 Å². The average molecular weight is 274 g/mol. The van der Waals surface area contributed by atoms with Gasteiger partial charge in [-0.3, -0.25) is 4.79 Å². The van der Waals surface area contributed by atoms with Crippen molar-refractivity contribution in [3.05, 3.63) is 29.3 Å². The summed E-state index contributed by atoms with van der Waals surface area (Å²) < 4.78 is 0. The molecule has 20 heavy (non-hydrogen) atoms. The molecule has 0 unspecified atom stereocenters. The lowest BCUT2D eigenvalue weighted by molar-refractivity contribution is 0.0610. The van der Waals surface area contributed by atoms with Gasteiger partial charge in [-0.25, -0.2) is 0 Å². The summed E-state index contributed by atoms with van der Waals surface area (Å²) in [6.07, 6.45) is 2.17. The van der Waals surface area contributed by atoms with E-state index >= 15 is 0 Å². The van der Waals surface area contributed by atoms with Gasteiger partial charge in [-0.05, 0) is 48.8 Å². The average Bonchev–Trinajstić information content (AvgIpc) is 2.37. The number of hydrogen-bond donors (Lipinski definition) is 1. The number of nitrogens with zero attached hydrogens (tertiary/aromatic N) is 1. The number of amides is 1. The van der Waals surface area contributed by atoms with Crippen molar-refractivity contribution in [1.82, 2.24) is 4.90 Å². The van der Waals surface area contributed by atoms with Crippen molar-refractivity contribution in [2.45, 2.75) is 40.5 Å². The van der Waals surface area contributed by atoms with Gasteiger partial charge in [0.2, 0.25) is 0 Å². The predicted octanol–water partition coefficient (Wildman–Crippen LogP) is 3.48. The second kappa shape index (κ2) is 5.47. The number of aryl methyl sites for hydroxylation is 1. The molecular formula is C17H26N2O. The molecule has 0 atom stereocenters. The third-order valence-corrected chi connectivity index (χ3v) is 4.44. The van der Waals surface area contributed by atoms with Gasteiger partial charge in [-0.15, -0.1) is 0 Å². The Bertz CT molecular complexity index is 494. The van der Waals surface area contributed by atoms with Gasteiger partial charge in [0.15, 0.2) is 0 Å². The molecule has 1 saturated heterocycles. The standard InChI is InChI=1S/C17H26N2O/c1-12-5-6-14(15(18)11-12)16(20)19-9-7-13(8-10-19)17(2,3)4/h5-6,11,13H,7-10,18H2,1-4H3. The molecule has 1 amide bonds. The van der Waals surface area contributed by atoms with Crippen LogP contribution in [0.1, 0.15) is 49.5 Å². The molecule has 1 aromatic rings. The van der Waals surface area contributed by atoms with Gasteiger partial charge in [-0.1, -0.05) is 26.8 Å². The van der Waals surface area contributed by atoms with Crippen LogP contribution in [-0.2, 0) is 0 Å². The monoisotopic (exact) mass is 274 g/mol. The Labute approximate surface area is 122 Å². The van der Waals surface area contributed by atoms with E-state index in [1.165, 1.54) is 0 Å². The summed E-state index contributed by atoms with van der Waals surface area (Å²) in [6, 6.07) is 5.67. The predicted molar refractivity (Wildman–Crippen MR) is 83.7 cm³/mol. The van der Waals surface area contributed by atoms with Crippen LogP contribution < -0.4 is 5.73 Å². The fourth-order valence-electron chi connectivity index (χ4n) is 3.00. The number of nitrogens with two attached hydrogens (primary N) is 1. The van der Waals surface area contributed by atoms with Gasteiger partial charge in [0, 0.05) is 18.8 Å². The van der Waals surface area contributed by atoms with Crippen molar-refractivity contribution in [3.8, 4) is 0 Å². The Morgan fingerprint density at radius 2 is 1.85 bits per heavy atom. The molecule has 2 rings (SSSR count). The number of piperidine rings is 1. The molecule has 0 radical (unpaired) electrons. The van der Waals surface area contributed by atoms with Gasteiger partial charge in [0.05, 0.1) is 5.56 Å². The van der Waals surface area contributed by atoms with E-state index in [0.29, 0.717) is 22.6 Å². The first-order chi connectivity index (χ1) is 9.29. The number of nitrogen functional groups attached to an aromatic ring is 1. The molecule has 1 aliphatic heterocycles. The van der Waals surface area contributed by atoms with Gasteiger partial charge >= 0.3 is 0 Å². The van der Waals surface area contributed by atoms with Gasteiger partial charge in [-0.2, -0.15) is 0 Å². The highest BCUT2D eigenvalue weighted by Crippen LogP contribution is 2.34. The van der Waals surface area contributed by atoms with Crippen LogP contribution in [0.4, 0.5) is 5.69 Å². The molecule has 0 bridgehead atoms. The lowest BCUT2D eigenvalue weighted by atomic mass is 9.75. The summed E-state index contributed by atoms with van der Waals surface area (Å²) in [5.41, 5.74) is 8.63. The van der Waals surface area contributed by atoms with Crippen LogP contribution in [0.3, 0.4) is 0 Å². The van der Waals surface area contributed by atoms with Crippen LogP contribution in [0.5, 0.6) is 0 Å². The van der Waals surface area contributed by atoms with Crippen molar-refractivity contribution < 1.29 is 4.79 Å². The number of benzene rings is 1. The molecule has 3 heteroatoms. The van der Waals surface area contributed by atoms with E-state index in [1.807, 2.05) is 30.0 Å². The molecule has 1 fully saturated rings. The molecule has 0 aliphatic carbocycles. The highest BCUT2D eigenvalue weighted by atomic mass is 16.2. The van der Waals surface area contributed by atoms with E-state index in [9.17, 15) is 4.79 Å². The molecule has 1 heterocycles. The Hall–Kier alpha value is -1.51. The van der Waals surface area contributed by atoms with E-state index in [2.05, 4.69) is 20.8 Å². The minimum atomic E-state index is 0.0786. The second-order valence-electron chi connectivity index (χ2n) is 7.02. The fourth-order valence-corrected chi connectivity index (χ4v) is 3.00. The van der Waals surface area contributed by atoms with E-state index < -0.39 is 0 Å². The Morgan fingerprint density at radius 3 is 2.35 bits per heavy atom. The lowest BCUT2D eigenvalue weighted by Crippen LogP contribution is -2.41. The van der Waals surface area contributed by atoms with Gasteiger partial charge in [0.1, 0.15) is 0 Å². The third-order valence-electron chi connectivity index (χ3n) is 4.44. The normalized spacial score (nSPS) is 17.3. The first-order valence-corrected chi connectivity index (χ1v) is 7.44. The summed E-state index contributed by atoms with van der Waals surface area (Å²) in [6.45, 7) is 10.5. The van der Waals surface area contributed by atoms with Crippen molar-refractivity contribution in [2.75, 3.05) is 18.8 Å². The van der Waals surface area contributed by atoms with Crippen LogP contribution >= 0.6 is 0 Å². The Balaban J connectivity index is 2.05. The molecular weight excluding hydrogens is 248 g/mol. The van der Waals surface area contributed by atoms with Crippen LogP contribution in [0.15, 0.2) is 18.2 Å². The maximum atomic E-state index is 12.5. The summed E-state index contributed by atoms with van der Waals surface area (Å²) >= 11 is 0. The van der Waals surface area contributed by atoms with Crippen molar-refractivity contribution in [3.63, 3.8) is 0 Å². The minimum absolute atomic E-state index is 0.0786. The largest absolute Gasteiger partial charge is 0.398 e. The van der Waals surface area contributed by atoms with Gasteiger partial charge in [0.25, 0.3) is 5.91 Å². The van der Waals surface area contributed by atoms with E-state index in [0.717, 1.165) is 31.5 Å². The molecule has 0 saturated carbocycles. The van der Waals surface area contributed by atoms with Gasteiger partial charge < -0.3 is 10.6 Å². The topological polar surface area (TPSA) is 46.3 Å². The number of rotatable bonds is 1. The van der Waals surface area contributed by atoms with Crippen LogP contribution in [0, 0.1) is 18.3 Å². The van der Waals surface area contributed by atoms with Crippen molar-refractivity contribution in [1.29, 1.82) is 0 Å². The molecule has 0 aromatic heterocycles. The highest BCUT2D eigenvalue weighted by molar-refractivity contribution is 5.99. The zero-order chi connectivity index (χ0) is 14.9. The number of likely N-dealkylation sites (tertiary alicyclic amines) is 1. The molecule has 3 nitrogen and oxygen atoms in total. The lowest BCUT2D eigenvalue weighted by Gasteiger charge is -2.38. The molecule has 0 spiro atoms. The van der Waals surface area contributed by atoms with Crippen molar-refractivity contribution >= 4 is 11.6 Å². The summed E-state index contributed by atoms with van der Waals surface area (Å²) in [4.78, 5) is 14.5. The van der Waals surface area contributed by atoms with Crippen LogP contribution in [0.25, 0.3) is 0 Å². The Morgan fingerprint density at radius 1 is 1.25 bits per heavy atom. The number of anilines is 1. The highest BCUT2D eigenvalue weighted by Gasteiger charge is 2.31. The molecule has 1 aliphatic rings. The number of hydrogen-bond acceptors (Lipinski definition) is 2. The van der Waals surface area contributed by atoms with E-state index in [-0.39, 0.29) is 5.91 Å². The fraction of sp³-hybridized carbons (Fsp3) is 0.588. The second-order valence-corrected chi connectivity index (χ2v) is 7.02. The van der Waals surface area contributed by atoms with Crippen LogP contribution in [-0.4, -0.2) is 23.9 Å². The zero-order valence-electron chi connectivity index (χ0n) is 13.1. The summed E-state index contributed by atoms with van der Waals surface area (Å²) in [5, 5.41) is 0. The maximum Gasteiger partial charge on any atom is 0.255 e. The first kappa shape index (κ1) is 14.9. The van der Waals surface area contributed by atoms with Crippen LogP contribution in [0.2, 0.25) is 0 Å². The molecule has 2 N–H and O–H groups in total. The van der Waals surface area contributed by atoms with E-state index in [1.54, 1.807) is 0 Å². The molecule has 1 aromatic carbocycles. The minimum Gasteiger partial charge on any atom is -0.398 e. The number of carbonyl (C=O) groups is 1. The smallest absolute Gasteiger partial charge is 0.255 e. The quantitative estimate of drug-likeness (QED) is 0.797.